The summed E-state index contributed by atoms with van der Waals surface area (Å²) in [7, 11) is -1.61. The second-order valence-corrected chi connectivity index (χ2v) is 6.24. The Morgan fingerprint density at radius 3 is 2.56 bits per heavy atom. The van der Waals surface area contributed by atoms with Crippen LogP contribution in [-0.2, 0) is 16.6 Å². The van der Waals surface area contributed by atoms with Gasteiger partial charge in [0.05, 0.1) is 18.1 Å². The van der Waals surface area contributed by atoms with Crippen LogP contribution in [0.1, 0.15) is 5.56 Å². The van der Waals surface area contributed by atoms with E-state index in [0.717, 1.165) is 11.3 Å². The Bertz CT molecular complexity index is 620. The number of aromatic nitrogens is 2. The Hall–Kier alpha value is -1.66. The molecule has 0 amide bonds. The van der Waals surface area contributed by atoms with E-state index in [1.54, 1.807) is 17.9 Å². The molecule has 18 heavy (non-hydrogen) atoms. The summed E-state index contributed by atoms with van der Waals surface area (Å²) in [6, 6.07) is 9.68. The highest BCUT2D eigenvalue weighted by molar-refractivity contribution is 7.88. The fourth-order valence-electron chi connectivity index (χ4n) is 1.54. The first-order chi connectivity index (χ1) is 8.47. The third-order valence-corrected chi connectivity index (χ3v) is 3.89. The molecule has 0 fully saturated rings. The van der Waals surface area contributed by atoms with Crippen LogP contribution in [0.2, 0.25) is 0 Å². The maximum Gasteiger partial charge on any atom is 0.211 e. The van der Waals surface area contributed by atoms with Gasteiger partial charge in [-0.05, 0) is 12.1 Å². The van der Waals surface area contributed by atoms with Crippen molar-refractivity contribution in [3.05, 3.63) is 48.3 Å². The van der Waals surface area contributed by atoms with Gasteiger partial charge in [-0.1, -0.05) is 18.2 Å². The fourth-order valence-corrected chi connectivity index (χ4v) is 1.92. The Kier molecular flexibility index (Phi) is 3.49. The Balaban J connectivity index is 2.17. The molecule has 1 aromatic carbocycles. The third kappa shape index (κ3) is 2.96. The van der Waals surface area contributed by atoms with Crippen LogP contribution in [0.4, 0.5) is 0 Å². The van der Waals surface area contributed by atoms with E-state index in [0.29, 0.717) is 6.54 Å². The molecule has 0 atom stereocenters. The summed E-state index contributed by atoms with van der Waals surface area (Å²) in [5.74, 6) is 0. The standard InChI is InChI=1S/C12H15N3O2S/c1-14(18(2,16)17)9-11-8-13-15(10-11)12-6-4-3-5-7-12/h3-8,10H,9H2,1-2H3. The van der Waals surface area contributed by atoms with E-state index >= 15 is 0 Å². The average molecular weight is 265 g/mol. The number of para-hydroxylation sites is 1. The lowest BCUT2D eigenvalue weighted by molar-refractivity contribution is 0.472. The molecule has 2 rings (SSSR count). The molecule has 0 bridgehead atoms. The topological polar surface area (TPSA) is 55.2 Å². The summed E-state index contributed by atoms with van der Waals surface area (Å²) < 4.78 is 25.6. The van der Waals surface area contributed by atoms with Crippen molar-refractivity contribution in [2.24, 2.45) is 0 Å². The predicted octanol–water partition coefficient (Wildman–Crippen LogP) is 1.26. The van der Waals surface area contributed by atoms with Gasteiger partial charge in [0, 0.05) is 25.4 Å². The average Bonchev–Trinajstić information content (AvgIpc) is 2.77. The third-order valence-electron chi connectivity index (χ3n) is 2.63. The quantitative estimate of drug-likeness (QED) is 0.836. The highest BCUT2D eigenvalue weighted by atomic mass is 32.2. The molecular formula is C12H15N3O2S. The molecule has 0 aliphatic heterocycles. The zero-order valence-corrected chi connectivity index (χ0v) is 11.1. The Morgan fingerprint density at radius 2 is 1.94 bits per heavy atom. The lowest BCUT2D eigenvalue weighted by Gasteiger charge is -2.11. The summed E-state index contributed by atoms with van der Waals surface area (Å²) in [5.41, 5.74) is 1.80. The van der Waals surface area contributed by atoms with Crippen LogP contribution < -0.4 is 0 Å². The molecule has 0 spiro atoms. The smallest absolute Gasteiger partial charge is 0.211 e. The lowest BCUT2D eigenvalue weighted by atomic mass is 10.3. The van der Waals surface area contributed by atoms with Crippen LogP contribution in [0.25, 0.3) is 5.69 Å². The van der Waals surface area contributed by atoms with Crippen LogP contribution in [0.5, 0.6) is 0 Å². The highest BCUT2D eigenvalue weighted by Gasteiger charge is 2.12. The zero-order chi connectivity index (χ0) is 13.2. The van der Waals surface area contributed by atoms with E-state index in [-0.39, 0.29) is 0 Å². The maximum atomic E-state index is 11.3. The molecule has 0 saturated carbocycles. The molecule has 0 unspecified atom stereocenters. The SMILES string of the molecule is CN(Cc1cnn(-c2ccccc2)c1)S(C)(=O)=O. The largest absolute Gasteiger partial charge is 0.241 e. The maximum absolute atomic E-state index is 11.3. The number of benzene rings is 1. The second kappa shape index (κ2) is 4.91. The number of sulfonamides is 1. The van der Waals surface area contributed by atoms with E-state index in [1.165, 1.54) is 10.6 Å². The van der Waals surface area contributed by atoms with E-state index in [1.807, 2.05) is 36.5 Å². The number of nitrogens with zero attached hydrogens (tertiary/aromatic N) is 3. The molecule has 0 radical (unpaired) electrons. The Morgan fingerprint density at radius 1 is 1.28 bits per heavy atom. The van der Waals surface area contributed by atoms with Crippen molar-refractivity contribution in [1.29, 1.82) is 0 Å². The van der Waals surface area contributed by atoms with Gasteiger partial charge in [0.1, 0.15) is 0 Å². The summed E-state index contributed by atoms with van der Waals surface area (Å²) in [4.78, 5) is 0. The van der Waals surface area contributed by atoms with Crippen molar-refractivity contribution >= 4 is 10.0 Å². The minimum atomic E-state index is -3.16. The van der Waals surface area contributed by atoms with E-state index in [4.69, 9.17) is 0 Å². The van der Waals surface area contributed by atoms with Crippen molar-refractivity contribution in [3.63, 3.8) is 0 Å². The normalized spacial score (nSPS) is 11.9. The minimum absolute atomic E-state index is 0.325. The van der Waals surface area contributed by atoms with Gasteiger partial charge >= 0.3 is 0 Å². The van der Waals surface area contributed by atoms with Gasteiger partial charge in [0.2, 0.25) is 10.0 Å². The number of hydrogen-bond acceptors (Lipinski definition) is 3. The summed E-state index contributed by atoms with van der Waals surface area (Å²) in [6.07, 6.45) is 4.69. The predicted molar refractivity (Wildman–Crippen MR) is 69.9 cm³/mol. The van der Waals surface area contributed by atoms with Crippen LogP contribution >= 0.6 is 0 Å². The van der Waals surface area contributed by atoms with E-state index in [9.17, 15) is 8.42 Å². The lowest BCUT2D eigenvalue weighted by Crippen LogP contribution is -2.24. The Labute approximate surface area is 107 Å². The fraction of sp³-hybridized carbons (Fsp3) is 0.250. The molecule has 0 saturated heterocycles. The van der Waals surface area contributed by atoms with Gasteiger partial charge < -0.3 is 0 Å². The van der Waals surface area contributed by atoms with Crippen LogP contribution in [0.15, 0.2) is 42.7 Å². The molecule has 0 N–H and O–H groups in total. The van der Waals surface area contributed by atoms with Crippen molar-refractivity contribution in [2.75, 3.05) is 13.3 Å². The monoisotopic (exact) mass is 265 g/mol. The first kappa shape index (κ1) is 12.8. The first-order valence-electron chi connectivity index (χ1n) is 5.47. The number of hydrogen-bond donors (Lipinski definition) is 0. The van der Waals surface area contributed by atoms with Crippen molar-refractivity contribution < 1.29 is 8.42 Å². The minimum Gasteiger partial charge on any atom is -0.241 e. The van der Waals surface area contributed by atoms with Gasteiger partial charge in [-0.3, -0.25) is 0 Å². The van der Waals surface area contributed by atoms with Crippen LogP contribution in [0.3, 0.4) is 0 Å². The molecule has 96 valence electrons. The van der Waals surface area contributed by atoms with E-state index in [2.05, 4.69) is 5.10 Å². The van der Waals surface area contributed by atoms with Gasteiger partial charge in [0.15, 0.2) is 0 Å². The van der Waals surface area contributed by atoms with Gasteiger partial charge in [-0.2, -0.15) is 5.10 Å². The molecule has 1 aromatic heterocycles. The first-order valence-corrected chi connectivity index (χ1v) is 7.32. The van der Waals surface area contributed by atoms with Crippen molar-refractivity contribution in [3.8, 4) is 5.69 Å². The van der Waals surface area contributed by atoms with Crippen molar-refractivity contribution in [1.82, 2.24) is 14.1 Å². The van der Waals surface area contributed by atoms with Crippen molar-refractivity contribution in [2.45, 2.75) is 6.54 Å². The molecule has 0 aliphatic rings. The summed E-state index contributed by atoms with van der Waals surface area (Å²) in [6.45, 7) is 0.325. The summed E-state index contributed by atoms with van der Waals surface area (Å²) in [5, 5.41) is 4.22. The van der Waals surface area contributed by atoms with Gasteiger partial charge in [0.25, 0.3) is 0 Å². The zero-order valence-electron chi connectivity index (χ0n) is 10.3. The highest BCUT2D eigenvalue weighted by Crippen LogP contribution is 2.10. The molecule has 1 heterocycles. The van der Waals surface area contributed by atoms with Gasteiger partial charge in [-0.15, -0.1) is 0 Å². The van der Waals surface area contributed by atoms with E-state index < -0.39 is 10.0 Å². The van der Waals surface area contributed by atoms with Crippen LogP contribution in [0, 0.1) is 0 Å². The van der Waals surface area contributed by atoms with Crippen LogP contribution in [-0.4, -0.2) is 35.8 Å². The molecule has 6 heteroatoms. The van der Waals surface area contributed by atoms with Gasteiger partial charge in [-0.25, -0.2) is 17.4 Å². The number of rotatable bonds is 4. The summed E-state index contributed by atoms with van der Waals surface area (Å²) >= 11 is 0. The second-order valence-electron chi connectivity index (χ2n) is 4.15. The molecule has 2 aromatic rings. The molecule has 5 nitrogen and oxygen atoms in total. The molecule has 0 aliphatic carbocycles. The molecular weight excluding hydrogens is 250 g/mol.